The summed E-state index contributed by atoms with van der Waals surface area (Å²) in [6.45, 7) is 3.60. The van der Waals surface area contributed by atoms with E-state index in [1.54, 1.807) is 12.3 Å². The highest BCUT2D eigenvalue weighted by molar-refractivity contribution is 5.90. The molecule has 1 aliphatic rings. The minimum absolute atomic E-state index is 0.301. The average molecular weight is 403 g/mol. The van der Waals surface area contributed by atoms with E-state index in [1.807, 2.05) is 41.1 Å². The van der Waals surface area contributed by atoms with Gasteiger partial charge in [0.25, 0.3) is 0 Å². The number of halogens is 1. The van der Waals surface area contributed by atoms with Gasteiger partial charge in [-0.2, -0.15) is 15.1 Å². The summed E-state index contributed by atoms with van der Waals surface area (Å²) in [5, 5.41) is 8.60. The van der Waals surface area contributed by atoms with E-state index in [2.05, 4.69) is 27.3 Å². The van der Waals surface area contributed by atoms with Gasteiger partial charge >= 0.3 is 0 Å². The van der Waals surface area contributed by atoms with Crippen molar-refractivity contribution in [2.75, 3.05) is 43.4 Å². The third kappa shape index (κ3) is 3.57. The first-order valence-electron chi connectivity index (χ1n) is 9.95. The van der Waals surface area contributed by atoms with Gasteiger partial charge in [-0.15, -0.1) is 0 Å². The first-order valence-corrected chi connectivity index (χ1v) is 9.95. The third-order valence-corrected chi connectivity index (χ3v) is 5.29. The van der Waals surface area contributed by atoms with E-state index in [9.17, 15) is 4.39 Å². The minimum Gasteiger partial charge on any atom is -0.339 e. The normalized spacial score (nSPS) is 14.9. The van der Waals surface area contributed by atoms with Gasteiger partial charge in [0.15, 0.2) is 5.65 Å². The molecule has 30 heavy (non-hydrogen) atoms. The van der Waals surface area contributed by atoms with E-state index in [4.69, 9.17) is 9.97 Å². The molecule has 5 rings (SSSR count). The number of aromatic nitrogens is 4. The first kappa shape index (κ1) is 18.5. The second kappa shape index (κ2) is 7.72. The van der Waals surface area contributed by atoms with E-state index in [0.717, 1.165) is 37.3 Å². The monoisotopic (exact) mass is 403 g/mol. The average Bonchev–Trinajstić information content (AvgIpc) is 3.19. The molecule has 3 heterocycles. The van der Waals surface area contributed by atoms with Crippen molar-refractivity contribution in [1.29, 1.82) is 0 Å². The molecule has 8 heteroatoms. The van der Waals surface area contributed by atoms with Crippen LogP contribution in [0.25, 0.3) is 16.7 Å². The molecule has 0 aliphatic carbocycles. The van der Waals surface area contributed by atoms with Gasteiger partial charge in [0.1, 0.15) is 11.6 Å². The van der Waals surface area contributed by atoms with E-state index in [0.29, 0.717) is 23.1 Å². The lowest BCUT2D eigenvalue weighted by Gasteiger charge is -2.32. The van der Waals surface area contributed by atoms with E-state index in [-0.39, 0.29) is 5.82 Å². The van der Waals surface area contributed by atoms with Crippen LogP contribution in [0.5, 0.6) is 0 Å². The van der Waals surface area contributed by atoms with Gasteiger partial charge < -0.3 is 15.1 Å². The SMILES string of the molecule is CN1CCN(c2nc(Nc3cccc(F)c3)c3cnn(-c4ccccc4)c3n2)CC1. The second-order valence-corrected chi connectivity index (χ2v) is 7.43. The largest absolute Gasteiger partial charge is 0.339 e. The molecule has 1 aliphatic heterocycles. The first-order chi connectivity index (χ1) is 14.7. The molecule has 1 fully saturated rings. The third-order valence-electron chi connectivity index (χ3n) is 5.29. The molecule has 1 saturated heterocycles. The highest BCUT2D eigenvalue weighted by Crippen LogP contribution is 2.28. The van der Waals surface area contributed by atoms with Crippen LogP contribution in [0, 0.1) is 5.82 Å². The highest BCUT2D eigenvalue weighted by atomic mass is 19.1. The van der Waals surface area contributed by atoms with Crippen molar-refractivity contribution in [2.24, 2.45) is 0 Å². The maximum atomic E-state index is 13.7. The second-order valence-electron chi connectivity index (χ2n) is 7.43. The molecule has 152 valence electrons. The van der Waals surface area contributed by atoms with Crippen molar-refractivity contribution >= 4 is 28.5 Å². The van der Waals surface area contributed by atoms with Gasteiger partial charge in [0, 0.05) is 31.9 Å². The van der Waals surface area contributed by atoms with Crippen molar-refractivity contribution < 1.29 is 4.39 Å². The topological polar surface area (TPSA) is 62.1 Å². The minimum atomic E-state index is -0.301. The Balaban J connectivity index is 1.62. The molecule has 0 amide bonds. The van der Waals surface area contributed by atoms with Gasteiger partial charge in [-0.25, -0.2) is 9.07 Å². The standard InChI is InChI=1S/C22H22FN7/c1-28-10-12-29(13-11-28)22-26-20(25-17-7-5-6-16(23)14-17)19-15-24-30(21(19)27-22)18-8-3-2-4-9-18/h2-9,14-15H,10-13H2,1H3,(H,25,26,27). The predicted octanol–water partition coefficient (Wildman–Crippen LogP) is 3.45. The molecular weight excluding hydrogens is 381 g/mol. The summed E-state index contributed by atoms with van der Waals surface area (Å²) < 4.78 is 15.5. The number of likely N-dealkylation sites (N-methyl/N-ethyl adjacent to an activating group) is 1. The van der Waals surface area contributed by atoms with Crippen molar-refractivity contribution in [3.63, 3.8) is 0 Å². The summed E-state index contributed by atoms with van der Waals surface area (Å²) in [7, 11) is 2.11. The summed E-state index contributed by atoms with van der Waals surface area (Å²) in [5.41, 5.74) is 2.27. The Kier molecular flexibility index (Phi) is 4.76. The van der Waals surface area contributed by atoms with Crippen LogP contribution in [0.1, 0.15) is 0 Å². The molecule has 4 aromatic rings. The lowest BCUT2D eigenvalue weighted by molar-refractivity contribution is 0.311. The Morgan fingerprint density at radius 1 is 0.933 bits per heavy atom. The van der Waals surface area contributed by atoms with Crippen molar-refractivity contribution in [1.82, 2.24) is 24.6 Å². The molecule has 1 N–H and O–H groups in total. The number of rotatable bonds is 4. The summed E-state index contributed by atoms with van der Waals surface area (Å²) in [6, 6.07) is 16.2. The van der Waals surface area contributed by atoms with Crippen molar-refractivity contribution in [3.05, 3.63) is 66.6 Å². The van der Waals surface area contributed by atoms with Crippen LogP contribution in [-0.2, 0) is 0 Å². The highest BCUT2D eigenvalue weighted by Gasteiger charge is 2.21. The smallest absolute Gasteiger partial charge is 0.229 e. The number of benzene rings is 2. The summed E-state index contributed by atoms with van der Waals surface area (Å²) in [5.74, 6) is 0.957. The van der Waals surface area contributed by atoms with E-state index in [1.165, 1.54) is 12.1 Å². The molecule has 0 atom stereocenters. The Morgan fingerprint density at radius 3 is 2.50 bits per heavy atom. The maximum Gasteiger partial charge on any atom is 0.229 e. The number of para-hydroxylation sites is 1. The fraction of sp³-hybridized carbons (Fsp3) is 0.227. The number of nitrogens with one attached hydrogen (secondary N) is 1. The molecule has 0 spiro atoms. The van der Waals surface area contributed by atoms with Gasteiger partial charge in [-0.3, -0.25) is 0 Å². The zero-order valence-corrected chi connectivity index (χ0v) is 16.7. The number of piperazine rings is 1. The maximum absolute atomic E-state index is 13.7. The van der Waals surface area contributed by atoms with Crippen LogP contribution < -0.4 is 10.2 Å². The lowest BCUT2D eigenvalue weighted by Crippen LogP contribution is -2.45. The molecule has 0 bridgehead atoms. The van der Waals surface area contributed by atoms with Crippen LogP contribution in [0.3, 0.4) is 0 Å². The molecule has 7 nitrogen and oxygen atoms in total. The van der Waals surface area contributed by atoms with Gasteiger partial charge in [-0.05, 0) is 37.4 Å². The van der Waals surface area contributed by atoms with Crippen LogP contribution in [0.2, 0.25) is 0 Å². The van der Waals surface area contributed by atoms with Crippen molar-refractivity contribution in [3.8, 4) is 5.69 Å². The molecule has 2 aromatic carbocycles. The van der Waals surface area contributed by atoms with Gasteiger partial charge in [0.05, 0.1) is 17.3 Å². The van der Waals surface area contributed by atoms with Crippen LogP contribution in [0.4, 0.5) is 21.8 Å². The number of anilines is 3. The fourth-order valence-corrected chi connectivity index (χ4v) is 3.60. The molecule has 0 saturated carbocycles. The number of nitrogens with zero attached hydrogens (tertiary/aromatic N) is 6. The number of fused-ring (bicyclic) bond motifs is 1. The fourth-order valence-electron chi connectivity index (χ4n) is 3.60. The van der Waals surface area contributed by atoms with Crippen molar-refractivity contribution in [2.45, 2.75) is 0 Å². The zero-order valence-electron chi connectivity index (χ0n) is 16.7. The van der Waals surface area contributed by atoms with Gasteiger partial charge in [0.2, 0.25) is 5.95 Å². The summed E-state index contributed by atoms with van der Waals surface area (Å²) >= 11 is 0. The lowest BCUT2D eigenvalue weighted by atomic mass is 10.3. The Bertz CT molecular complexity index is 1170. The number of hydrogen-bond acceptors (Lipinski definition) is 6. The van der Waals surface area contributed by atoms with Crippen LogP contribution in [-0.4, -0.2) is 57.9 Å². The quantitative estimate of drug-likeness (QED) is 0.563. The predicted molar refractivity (Wildman–Crippen MR) is 116 cm³/mol. The van der Waals surface area contributed by atoms with Gasteiger partial charge in [-0.1, -0.05) is 24.3 Å². The number of hydrogen-bond donors (Lipinski definition) is 1. The molecular formula is C22H22FN7. The molecule has 0 radical (unpaired) electrons. The van der Waals surface area contributed by atoms with Crippen LogP contribution >= 0.6 is 0 Å². The van der Waals surface area contributed by atoms with E-state index >= 15 is 0 Å². The summed E-state index contributed by atoms with van der Waals surface area (Å²) in [4.78, 5) is 14.1. The molecule has 0 unspecified atom stereocenters. The van der Waals surface area contributed by atoms with Crippen LogP contribution in [0.15, 0.2) is 60.8 Å². The Labute approximate surface area is 173 Å². The summed E-state index contributed by atoms with van der Waals surface area (Å²) in [6.07, 6.45) is 1.75. The zero-order chi connectivity index (χ0) is 20.5. The van der Waals surface area contributed by atoms with E-state index < -0.39 is 0 Å². The Hall–Kier alpha value is -3.52. The Morgan fingerprint density at radius 2 is 1.73 bits per heavy atom. The molecule has 2 aromatic heterocycles.